The van der Waals surface area contributed by atoms with Crippen molar-refractivity contribution < 1.29 is 4.74 Å². The normalized spacial score (nSPS) is 14.0. The molecule has 1 saturated heterocycles. The van der Waals surface area contributed by atoms with Gasteiger partial charge in [-0.05, 0) is 31.7 Å². The third kappa shape index (κ3) is 3.45. The van der Waals surface area contributed by atoms with Crippen LogP contribution in [0.25, 0.3) is 10.8 Å². The standard InChI is InChI=1S/C23H26N6O/c1-14-6-8-15(9-7-14)12-16-18-17(13-24)22(29-10-4-3-5-11-29)27-20(25)19(18)21(26)28-23(16)30-2/h6-9H,3-5,10-12H2,1-2H3,(H2,25,27)(H2,26,28). The molecule has 1 aromatic carbocycles. The highest BCUT2D eigenvalue weighted by Gasteiger charge is 2.25. The van der Waals surface area contributed by atoms with Gasteiger partial charge in [0.15, 0.2) is 0 Å². The molecule has 0 unspecified atom stereocenters. The smallest absolute Gasteiger partial charge is 0.219 e. The van der Waals surface area contributed by atoms with Crippen LogP contribution >= 0.6 is 0 Å². The van der Waals surface area contributed by atoms with Crippen molar-refractivity contribution >= 4 is 28.2 Å². The van der Waals surface area contributed by atoms with Gasteiger partial charge in [-0.3, -0.25) is 0 Å². The minimum Gasteiger partial charge on any atom is -0.481 e. The number of ether oxygens (including phenoxy) is 1. The van der Waals surface area contributed by atoms with E-state index in [1.807, 2.05) is 0 Å². The number of nitrogens with two attached hydrogens (primary N) is 2. The summed E-state index contributed by atoms with van der Waals surface area (Å²) < 4.78 is 5.58. The Morgan fingerprint density at radius 1 is 1.03 bits per heavy atom. The van der Waals surface area contributed by atoms with E-state index in [2.05, 4.69) is 52.1 Å². The predicted octanol–water partition coefficient (Wildman–Crippen LogP) is 3.56. The van der Waals surface area contributed by atoms with Crippen molar-refractivity contribution in [3.63, 3.8) is 0 Å². The van der Waals surface area contributed by atoms with E-state index in [0.717, 1.165) is 37.1 Å². The molecular formula is C23H26N6O. The average molecular weight is 403 g/mol. The summed E-state index contributed by atoms with van der Waals surface area (Å²) in [5.41, 5.74) is 16.1. The van der Waals surface area contributed by atoms with Gasteiger partial charge in [-0.2, -0.15) is 10.2 Å². The number of rotatable bonds is 4. The Balaban J connectivity index is 2.00. The third-order valence-corrected chi connectivity index (χ3v) is 5.71. The zero-order chi connectivity index (χ0) is 21.3. The van der Waals surface area contributed by atoms with E-state index in [4.69, 9.17) is 16.2 Å². The Bertz CT molecular complexity index is 1130. The number of benzene rings is 1. The monoisotopic (exact) mass is 402 g/mol. The van der Waals surface area contributed by atoms with Crippen molar-refractivity contribution in [2.45, 2.75) is 32.6 Å². The number of nitrogens with zero attached hydrogens (tertiary/aromatic N) is 4. The first-order chi connectivity index (χ1) is 14.5. The highest BCUT2D eigenvalue weighted by atomic mass is 16.5. The van der Waals surface area contributed by atoms with Gasteiger partial charge in [0.1, 0.15) is 29.1 Å². The number of pyridine rings is 2. The van der Waals surface area contributed by atoms with Crippen molar-refractivity contribution in [2.75, 3.05) is 36.6 Å². The van der Waals surface area contributed by atoms with E-state index in [1.165, 1.54) is 12.0 Å². The van der Waals surface area contributed by atoms with Crippen LogP contribution in [0, 0.1) is 18.3 Å². The third-order valence-electron chi connectivity index (χ3n) is 5.71. The molecule has 2 aromatic heterocycles. The van der Waals surface area contributed by atoms with Crippen LogP contribution < -0.4 is 21.1 Å². The van der Waals surface area contributed by atoms with Crippen LogP contribution in [0.15, 0.2) is 24.3 Å². The van der Waals surface area contributed by atoms with E-state index in [0.29, 0.717) is 40.3 Å². The maximum Gasteiger partial charge on any atom is 0.219 e. The van der Waals surface area contributed by atoms with Crippen molar-refractivity contribution in [3.8, 4) is 11.9 Å². The van der Waals surface area contributed by atoms with Crippen LogP contribution in [0.4, 0.5) is 17.5 Å². The molecule has 3 heterocycles. The highest BCUT2D eigenvalue weighted by Crippen LogP contribution is 2.40. The molecule has 7 heteroatoms. The first-order valence-electron chi connectivity index (χ1n) is 10.2. The molecule has 4 N–H and O–H groups in total. The number of nitrogen functional groups attached to an aromatic ring is 2. The number of hydrogen-bond donors (Lipinski definition) is 2. The fourth-order valence-corrected chi connectivity index (χ4v) is 4.17. The molecule has 0 atom stereocenters. The molecule has 4 rings (SSSR count). The minimum atomic E-state index is 0.223. The summed E-state index contributed by atoms with van der Waals surface area (Å²) in [6.07, 6.45) is 3.88. The largest absolute Gasteiger partial charge is 0.481 e. The molecule has 0 bridgehead atoms. The first kappa shape index (κ1) is 19.8. The lowest BCUT2D eigenvalue weighted by Crippen LogP contribution is -2.31. The summed E-state index contributed by atoms with van der Waals surface area (Å²) in [4.78, 5) is 11.2. The lowest BCUT2D eigenvalue weighted by molar-refractivity contribution is 0.395. The first-order valence-corrected chi connectivity index (χ1v) is 10.2. The fourth-order valence-electron chi connectivity index (χ4n) is 4.17. The van der Waals surface area contributed by atoms with E-state index >= 15 is 0 Å². The van der Waals surface area contributed by atoms with E-state index < -0.39 is 0 Å². The van der Waals surface area contributed by atoms with Gasteiger partial charge in [-0.1, -0.05) is 29.8 Å². The second kappa shape index (κ2) is 8.07. The summed E-state index contributed by atoms with van der Waals surface area (Å²) in [5.74, 6) is 1.55. The molecule has 30 heavy (non-hydrogen) atoms. The molecule has 0 spiro atoms. The fraction of sp³-hybridized carbons (Fsp3) is 0.348. The van der Waals surface area contributed by atoms with Gasteiger partial charge in [0, 0.05) is 30.5 Å². The van der Waals surface area contributed by atoms with Crippen LogP contribution in [0.5, 0.6) is 5.88 Å². The number of anilines is 3. The maximum absolute atomic E-state index is 10.2. The number of nitriles is 1. The van der Waals surface area contributed by atoms with E-state index in [1.54, 1.807) is 7.11 Å². The van der Waals surface area contributed by atoms with Gasteiger partial charge in [-0.15, -0.1) is 0 Å². The molecule has 3 aromatic rings. The minimum absolute atomic E-state index is 0.223. The SMILES string of the molecule is COc1nc(N)c2c(N)nc(N3CCCCC3)c(C#N)c2c1Cc1ccc(C)cc1. The molecule has 1 fully saturated rings. The number of methoxy groups -OCH3 is 1. The second-order valence-electron chi connectivity index (χ2n) is 7.75. The molecule has 1 aliphatic heterocycles. The predicted molar refractivity (Wildman–Crippen MR) is 120 cm³/mol. The second-order valence-corrected chi connectivity index (χ2v) is 7.75. The average Bonchev–Trinajstić information content (AvgIpc) is 2.76. The Morgan fingerprint density at radius 2 is 1.70 bits per heavy atom. The summed E-state index contributed by atoms with van der Waals surface area (Å²) in [5, 5.41) is 11.4. The summed E-state index contributed by atoms with van der Waals surface area (Å²) in [6, 6.07) is 10.6. The number of fused-ring (bicyclic) bond motifs is 1. The zero-order valence-corrected chi connectivity index (χ0v) is 17.4. The van der Waals surface area contributed by atoms with E-state index in [-0.39, 0.29) is 5.82 Å². The van der Waals surface area contributed by atoms with E-state index in [9.17, 15) is 5.26 Å². The summed E-state index contributed by atoms with van der Waals surface area (Å²) >= 11 is 0. The van der Waals surface area contributed by atoms with Gasteiger partial charge >= 0.3 is 0 Å². The number of aromatic nitrogens is 2. The molecule has 0 radical (unpaired) electrons. The van der Waals surface area contributed by atoms with Crippen molar-refractivity contribution in [3.05, 3.63) is 46.5 Å². The molecule has 1 aliphatic rings. The number of hydrogen-bond acceptors (Lipinski definition) is 7. The number of piperidine rings is 1. The Hall–Kier alpha value is -3.53. The topological polar surface area (TPSA) is 114 Å². The molecule has 0 aliphatic carbocycles. The zero-order valence-electron chi connectivity index (χ0n) is 17.4. The number of aryl methyl sites for hydroxylation is 1. The Morgan fingerprint density at radius 3 is 2.33 bits per heavy atom. The van der Waals surface area contributed by atoms with Crippen LogP contribution in [-0.4, -0.2) is 30.2 Å². The van der Waals surface area contributed by atoms with Gasteiger partial charge in [0.2, 0.25) is 5.88 Å². The van der Waals surface area contributed by atoms with Crippen LogP contribution in [0.3, 0.4) is 0 Å². The molecule has 154 valence electrons. The Kier molecular flexibility index (Phi) is 5.32. The van der Waals surface area contributed by atoms with Gasteiger partial charge in [0.25, 0.3) is 0 Å². The molecule has 0 amide bonds. The van der Waals surface area contributed by atoms with Gasteiger partial charge in [-0.25, -0.2) is 4.98 Å². The lowest BCUT2D eigenvalue weighted by atomic mass is 9.96. The van der Waals surface area contributed by atoms with Crippen molar-refractivity contribution in [2.24, 2.45) is 0 Å². The summed E-state index contributed by atoms with van der Waals surface area (Å²) in [7, 11) is 1.56. The van der Waals surface area contributed by atoms with Crippen LogP contribution in [0.2, 0.25) is 0 Å². The maximum atomic E-state index is 10.2. The quantitative estimate of drug-likeness (QED) is 0.686. The lowest BCUT2D eigenvalue weighted by Gasteiger charge is -2.29. The van der Waals surface area contributed by atoms with Gasteiger partial charge < -0.3 is 21.1 Å². The summed E-state index contributed by atoms with van der Waals surface area (Å²) in [6.45, 7) is 3.77. The van der Waals surface area contributed by atoms with Crippen molar-refractivity contribution in [1.82, 2.24) is 9.97 Å². The van der Waals surface area contributed by atoms with Crippen LogP contribution in [-0.2, 0) is 6.42 Å². The molecule has 0 saturated carbocycles. The Labute approximate surface area is 176 Å². The van der Waals surface area contributed by atoms with Gasteiger partial charge in [0.05, 0.1) is 12.5 Å². The molecule has 7 nitrogen and oxygen atoms in total. The van der Waals surface area contributed by atoms with Crippen LogP contribution in [0.1, 0.15) is 41.5 Å². The van der Waals surface area contributed by atoms with Crippen molar-refractivity contribution in [1.29, 1.82) is 5.26 Å². The highest BCUT2D eigenvalue weighted by molar-refractivity contribution is 6.06. The molecular weight excluding hydrogens is 376 g/mol.